The van der Waals surface area contributed by atoms with Crippen LogP contribution in [0.1, 0.15) is 58.2 Å². The summed E-state index contributed by atoms with van der Waals surface area (Å²) in [5.74, 6) is 2.11. The summed E-state index contributed by atoms with van der Waals surface area (Å²) in [7, 11) is 0. The summed E-state index contributed by atoms with van der Waals surface area (Å²) in [6.45, 7) is 8.92. The molecule has 2 rings (SSSR count). The van der Waals surface area contributed by atoms with E-state index in [0.717, 1.165) is 38.2 Å². The van der Waals surface area contributed by atoms with Gasteiger partial charge in [0.2, 0.25) is 11.7 Å². The van der Waals surface area contributed by atoms with Gasteiger partial charge >= 0.3 is 0 Å². The molecular formula is C15H27N3O2. The van der Waals surface area contributed by atoms with Gasteiger partial charge < -0.3 is 14.6 Å². The van der Waals surface area contributed by atoms with Crippen LogP contribution in [0.25, 0.3) is 0 Å². The Labute approximate surface area is 121 Å². The van der Waals surface area contributed by atoms with Crippen LogP contribution >= 0.6 is 0 Å². The molecule has 0 saturated heterocycles. The summed E-state index contributed by atoms with van der Waals surface area (Å²) < 4.78 is 11.5. The fraction of sp³-hybridized carbons (Fsp3) is 0.867. The van der Waals surface area contributed by atoms with E-state index in [-0.39, 0.29) is 5.60 Å². The van der Waals surface area contributed by atoms with E-state index in [1.54, 1.807) is 0 Å². The number of hydrogen-bond acceptors (Lipinski definition) is 5. The van der Waals surface area contributed by atoms with E-state index >= 15 is 0 Å². The molecule has 1 aliphatic rings. The first kappa shape index (κ1) is 15.4. The van der Waals surface area contributed by atoms with Crippen molar-refractivity contribution in [3.8, 4) is 0 Å². The summed E-state index contributed by atoms with van der Waals surface area (Å²) >= 11 is 0. The zero-order chi connectivity index (χ0) is 14.4. The van der Waals surface area contributed by atoms with Crippen LogP contribution in [-0.4, -0.2) is 29.8 Å². The topological polar surface area (TPSA) is 60.2 Å². The molecule has 1 aromatic rings. The van der Waals surface area contributed by atoms with E-state index < -0.39 is 0 Å². The Balaban J connectivity index is 2.09. The van der Waals surface area contributed by atoms with Gasteiger partial charge in [-0.2, -0.15) is 4.98 Å². The summed E-state index contributed by atoms with van der Waals surface area (Å²) in [4.78, 5) is 4.59. The Hall–Kier alpha value is -0.940. The van der Waals surface area contributed by atoms with Gasteiger partial charge in [0, 0.05) is 19.6 Å². The van der Waals surface area contributed by atoms with Crippen molar-refractivity contribution >= 4 is 0 Å². The van der Waals surface area contributed by atoms with Gasteiger partial charge in [-0.05, 0) is 38.6 Å². The number of nitrogens with one attached hydrogen (secondary N) is 1. The second-order valence-electron chi connectivity index (χ2n) is 5.74. The SMILES string of the molecule is CCNCCc1nc(C2(OCC)CCCC(C)C2)no1. The molecule has 0 bridgehead atoms. The van der Waals surface area contributed by atoms with E-state index in [1.807, 2.05) is 6.92 Å². The minimum absolute atomic E-state index is 0.327. The van der Waals surface area contributed by atoms with Crippen LogP contribution in [0, 0.1) is 5.92 Å². The smallest absolute Gasteiger partial charge is 0.228 e. The maximum absolute atomic E-state index is 6.07. The average molecular weight is 281 g/mol. The van der Waals surface area contributed by atoms with Gasteiger partial charge in [0.05, 0.1) is 0 Å². The average Bonchev–Trinajstić information content (AvgIpc) is 2.89. The van der Waals surface area contributed by atoms with E-state index in [4.69, 9.17) is 9.26 Å². The third-order valence-electron chi connectivity index (χ3n) is 4.02. The molecule has 2 unspecified atom stereocenters. The molecule has 114 valence electrons. The number of aromatic nitrogens is 2. The highest BCUT2D eigenvalue weighted by Gasteiger charge is 2.41. The zero-order valence-electron chi connectivity index (χ0n) is 12.9. The molecule has 1 fully saturated rings. The highest BCUT2D eigenvalue weighted by Crippen LogP contribution is 2.41. The van der Waals surface area contributed by atoms with Gasteiger partial charge in [-0.15, -0.1) is 0 Å². The molecule has 1 N–H and O–H groups in total. The summed E-state index contributed by atoms with van der Waals surface area (Å²) in [5, 5.41) is 7.47. The molecule has 1 aliphatic carbocycles. The number of nitrogens with zero attached hydrogens (tertiary/aromatic N) is 2. The van der Waals surface area contributed by atoms with Crippen molar-refractivity contribution < 1.29 is 9.26 Å². The largest absolute Gasteiger partial charge is 0.367 e. The Morgan fingerprint density at radius 3 is 3.00 bits per heavy atom. The van der Waals surface area contributed by atoms with Crippen LogP contribution in [0.15, 0.2) is 4.52 Å². The monoisotopic (exact) mass is 281 g/mol. The molecule has 5 heteroatoms. The standard InChI is InChI=1S/C15H27N3O2/c1-4-16-10-8-13-17-14(18-20-13)15(19-5-2)9-6-7-12(3)11-15/h12,16H,4-11H2,1-3H3. The molecule has 0 amide bonds. The van der Waals surface area contributed by atoms with Gasteiger partial charge in [-0.25, -0.2) is 0 Å². The highest BCUT2D eigenvalue weighted by atomic mass is 16.5. The summed E-state index contributed by atoms with van der Waals surface area (Å²) in [6.07, 6.45) is 5.20. The third-order valence-corrected chi connectivity index (χ3v) is 4.02. The lowest BCUT2D eigenvalue weighted by Crippen LogP contribution is -2.36. The molecule has 5 nitrogen and oxygen atoms in total. The number of ether oxygens (including phenoxy) is 1. The second-order valence-corrected chi connectivity index (χ2v) is 5.74. The van der Waals surface area contributed by atoms with E-state index in [9.17, 15) is 0 Å². The Morgan fingerprint density at radius 1 is 1.45 bits per heavy atom. The van der Waals surface area contributed by atoms with Crippen molar-refractivity contribution in [3.05, 3.63) is 11.7 Å². The fourth-order valence-corrected chi connectivity index (χ4v) is 3.09. The van der Waals surface area contributed by atoms with Crippen molar-refractivity contribution in [1.29, 1.82) is 0 Å². The first-order valence-electron chi connectivity index (χ1n) is 7.88. The van der Waals surface area contributed by atoms with Crippen molar-refractivity contribution in [2.45, 2.75) is 58.5 Å². The Bertz CT molecular complexity index is 404. The normalized spacial score (nSPS) is 26.9. The van der Waals surface area contributed by atoms with Crippen molar-refractivity contribution in [2.24, 2.45) is 5.92 Å². The molecule has 1 heterocycles. The minimum Gasteiger partial charge on any atom is -0.367 e. The highest BCUT2D eigenvalue weighted by molar-refractivity contribution is 5.04. The molecule has 1 aromatic heterocycles. The molecule has 20 heavy (non-hydrogen) atoms. The molecule has 0 aromatic carbocycles. The molecule has 0 radical (unpaired) electrons. The van der Waals surface area contributed by atoms with Gasteiger partial charge in [0.15, 0.2) is 0 Å². The first-order valence-corrected chi connectivity index (χ1v) is 7.88. The van der Waals surface area contributed by atoms with Crippen molar-refractivity contribution in [2.75, 3.05) is 19.7 Å². The van der Waals surface area contributed by atoms with Crippen LogP contribution in [0.4, 0.5) is 0 Å². The summed E-state index contributed by atoms with van der Waals surface area (Å²) in [5.41, 5.74) is -0.327. The van der Waals surface area contributed by atoms with Crippen LogP contribution < -0.4 is 5.32 Å². The first-order chi connectivity index (χ1) is 9.70. The predicted octanol–water partition coefficient (Wildman–Crippen LogP) is 2.66. The lowest BCUT2D eigenvalue weighted by molar-refractivity contribution is -0.0891. The fourth-order valence-electron chi connectivity index (χ4n) is 3.09. The zero-order valence-corrected chi connectivity index (χ0v) is 12.9. The van der Waals surface area contributed by atoms with Crippen molar-refractivity contribution in [3.63, 3.8) is 0 Å². The quantitative estimate of drug-likeness (QED) is 0.779. The van der Waals surface area contributed by atoms with Crippen LogP contribution in [-0.2, 0) is 16.8 Å². The summed E-state index contributed by atoms with van der Waals surface area (Å²) in [6, 6.07) is 0. The maximum Gasteiger partial charge on any atom is 0.228 e. The lowest BCUT2D eigenvalue weighted by atomic mass is 9.78. The van der Waals surface area contributed by atoms with Crippen molar-refractivity contribution in [1.82, 2.24) is 15.5 Å². The number of rotatable bonds is 7. The molecule has 0 aliphatic heterocycles. The number of likely N-dealkylation sites (N-methyl/N-ethyl adjacent to an activating group) is 1. The van der Waals surface area contributed by atoms with Gasteiger partial charge in [-0.3, -0.25) is 0 Å². The predicted molar refractivity (Wildman–Crippen MR) is 77.5 cm³/mol. The maximum atomic E-state index is 6.07. The second kappa shape index (κ2) is 7.18. The Kier molecular flexibility index (Phi) is 5.54. The van der Waals surface area contributed by atoms with Gasteiger partial charge in [0.25, 0.3) is 0 Å². The molecular weight excluding hydrogens is 254 g/mol. The van der Waals surface area contributed by atoms with Crippen LogP contribution in [0.5, 0.6) is 0 Å². The number of hydrogen-bond donors (Lipinski definition) is 1. The van der Waals surface area contributed by atoms with Gasteiger partial charge in [0.1, 0.15) is 5.60 Å². The van der Waals surface area contributed by atoms with Crippen LogP contribution in [0.3, 0.4) is 0 Å². The minimum atomic E-state index is -0.327. The molecule has 2 atom stereocenters. The van der Waals surface area contributed by atoms with E-state index in [0.29, 0.717) is 18.4 Å². The molecule has 0 spiro atoms. The third kappa shape index (κ3) is 3.58. The van der Waals surface area contributed by atoms with E-state index in [1.165, 1.54) is 12.8 Å². The lowest BCUT2D eigenvalue weighted by Gasteiger charge is -2.37. The Morgan fingerprint density at radius 2 is 2.30 bits per heavy atom. The van der Waals surface area contributed by atoms with Gasteiger partial charge in [-0.1, -0.05) is 25.4 Å². The molecule has 1 saturated carbocycles. The van der Waals surface area contributed by atoms with Crippen LogP contribution in [0.2, 0.25) is 0 Å². The van der Waals surface area contributed by atoms with E-state index in [2.05, 4.69) is 29.3 Å².